The van der Waals surface area contributed by atoms with Crippen molar-refractivity contribution in [3.63, 3.8) is 0 Å². The van der Waals surface area contributed by atoms with Crippen LogP contribution in [0.4, 0.5) is 0 Å². The lowest BCUT2D eigenvalue weighted by molar-refractivity contribution is -0.116. The minimum atomic E-state index is -0.162. The third-order valence-electron chi connectivity index (χ3n) is 4.41. The number of hydrogen-bond donors (Lipinski definition) is 1. The van der Waals surface area contributed by atoms with Gasteiger partial charge in [0.25, 0.3) is 0 Å². The van der Waals surface area contributed by atoms with Crippen LogP contribution in [0, 0.1) is 0 Å². The molecule has 0 aliphatic carbocycles. The molecule has 2 aromatic carbocycles. The average Bonchev–Trinajstić information content (AvgIpc) is 2.72. The summed E-state index contributed by atoms with van der Waals surface area (Å²) in [6.45, 7) is 0.481. The first-order chi connectivity index (χ1) is 13.5. The normalized spacial score (nSPS) is 12.1. The summed E-state index contributed by atoms with van der Waals surface area (Å²) in [5.74, 6) is 1.90. The topological polar surface area (TPSA) is 60.0 Å². The van der Waals surface area contributed by atoms with Crippen molar-refractivity contribution in [2.75, 3.05) is 42.0 Å². The third-order valence-corrected chi connectivity index (χ3v) is 4.41. The van der Waals surface area contributed by atoms with Crippen molar-refractivity contribution in [2.45, 2.75) is 6.04 Å². The van der Waals surface area contributed by atoms with Crippen molar-refractivity contribution in [1.82, 2.24) is 10.2 Å². The van der Waals surface area contributed by atoms with E-state index >= 15 is 0 Å². The van der Waals surface area contributed by atoms with Gasteiger partial charge in [0.05, 0.1) is 27.4 Å². The average molecular weight is 384 g/mol. The van der Waals surface area contributed by atoms with Crippen molar-refractivity contribution in [2.24, 2.45) is 0 Å². The number of benzene rings is 2. The summed E-state index contributed by atoms with van der Waals surface area (Å²) in [4.78, 5) is 14.3. The molecule has 0 fully saturated rings. The second kappa shape index (κ2) is 10.4. The summed E-state index contributed by atoms with van der Waals surface area (Å²) in [5, 5.41) is 2.96. The van der Waals surface area contributed by atoms with Crippen LogP contribution < -0.4 is 19.5 Å². The summed E-state index contributed by atoms with van der Waals surface area (Å²) >= 11 is 0. The highest BCUT2D eigenvalue weighted by molar-refractivity contribution is 5.91. The summed E-state index contributed by atoms with van der Waals surface area (Å²) < 4.78 is 15.8. The van der Waals surface area contributed by atoms with Crippen LogP contribution in [0.3, 0.4) is 0 Å². The fraction of sp³-hybridized carbons (Fsp3) is 0.318. The van der Waals surface area contributed by atoms with Crippen LogP contribution in [-0.2, 0) is 4.79 Å². The number of methoxy groups -OCH3 is 3. The molecule has 0 spiro atoms. The number of nitrogens with zero attached hydrogens (tertiary/aromatic N) is 1. The molecule has 0 heterocycles. The summed E-state index contributed by atoms with van der Waals surface area (Å²) in [7, 11) is 8.78. The Morgan fingerprint density at radius 1 is 1.04 bits per heavy atom. The first-order valence-corrected chi connectivity index (χ1v) is 8.96. The smallest absolute Gasteiger partial charge is 0.244 e. The van der Waals surface area contributed by atoms with Crippen molar-refractivity contribution >= 4 is 12.0 Å². The lowest BCUT2D eigenvalue weighted by Crippen LogP contribution is -2.33. The molecule has 0 aliphatic rings. The summed E-state index contributed by atoms with van der Waals surface area (Å²) in [5.41, 5.74) is 1.93. The number of carbonyl (C=O) groups is 1. The standard InChI is InChI=1S/C22H28N2O4/c1-24(2)19(17-7-6-8-18(14-17)26-3)15-23-22(25)12-10-16-9-11-20(27-4)21(13-16)28-5/h6-14,19H,15H2,1-5H3,(H,23,25)/b12-10+. The Morgan fingerprint density at radius 2 is 1.79 bits per heavy atom. The van der Waals surface area contributed by atoms with Gasteiger partial charge in [-0.1, -0.05) is 18.2 Å². The number of ether oxygens (including phenoxy) is 3. The van der Waals surface area contributed by atoms with E-state index in [2.05, 4.69) is 10.2 Å². The highest BCUT2D eigenvalue weighted by Crippen LogP contribution is 2.28. The molecule has 6 nitrogen and oxygen atoms in total. The Hall–Kier alpha value is -2.99. The maximum atomic E-state index is 12.3. The van der Waals surface area contributed by atoms with Gasteiger partial charge in [0.2, 0.25) is 5.91 Å². The molecule has 150 valence electrons. The van der Waals surface area contributed by atoms with Gasteiger partial charge >= 0.3 is 0 Å². The van der Waals surface area contributed by atoms with E-state index in [1.165, 1.54) is 6.08 Å². The number of likely N-dealkylation sites (N-methyl/N-ethyl adjacent to an activating group) is 1. The molecular weight excluding hydrogens is 356 g/mol. The van der Waals surface area contributed by atoms with Crippen molar-refractivity contribution in [3.8, 4) is 17.2 Å². The first kappa shape index (κ1) is 21.3. The molecule has 1 amide bonds. The summed E-state index contributed by atoms with van der Waals surface area (Å²) in [6, 6.07) is 13.4. The molecule has 0 aromatic heterocycles. The van der Waals surface area contributed by atoms with Crippen LogP contribution in [-0.4, -0.2) is 52.8 Å². The lowest BCUT2D eigenvalue weighted by Gasteiger charge is -2.25. The van der Waals surface area contributed by atoms with Crippen molar-refractivity contribution in [1.29, 1.82) is 0 Å². The van der Waals surface area contributed by atoms with Crippen molar-refractivity contribution in [3.05, 3.63) is 59.7 Å². The van der Waals surface area contributed by atoms with E-state index in [1.807, 2.05) is 50.5 Å². The van der Waals surface area contributed by atoms with Crippen molar-refractivity contribution < 1.29 is 19.0 Å². The van der Waals surface area contributed by atoms with Gasteiger partial charge in [0, 0.05) is 12.6 Å². The van der Waals surface area contributed by atoms with Gasteiger partial charge < -0.3 is 24.4 Å². The zero-order chi connectivity index (χ0) is 20.5. The van der Waals surface area contributed by atoms with Gasteiger partial charge in [-0.3, -0.25) is 4.79 Å². The van der Waals surface area contributed by atoms with E-state index in [1.54, 1.807) is 33.5 Å². The van der Waals surface area contributed by atoms with Crippen LogP contribution >= 0.6 is 0 Å². The molecule has 0 bridgehead atoms. The zero-order valence-electron chi connectivity index (χ0n) is 17.1. The number of hydrogen-bond acceptors (Lipinski definition) is 5. The van der Waals surface area contributed by atoms with Gasteiger partial charge in [-0.05, 0) is 55.6 Å². The maximum absolute atomic E-state index is 12.3. The number of amides is 1. The van der Waals surface area contributed by atoms with Crippen LogP contribution in [0.15, 0.2) is 48.5 Å². The predicted octanol–water partition coefficient (Wildman–Crippen LogP) is 3.14. The SMILES string of the molecule is COc1cccc(C(CNC(=O)/C=C/c2ccc(OC)c(OC)c2)N(C)C)c1. The molecule has 1 unspecified atom stereocenters. The molecule has 0 saturated heterocycles. The number of carbonyl (C=O) groups excluding carboxylic acids is 1. The van der Waals surface area contributed by atoms with Gasteiger partial charge in [0.15, 0.2) is 11.5 Å². The van der Waals surface area contributed by atoms with Crippen LogP contribution in [0.5, 0.6) is 17.2 Å². The van der Waals surface area contributed by atoms with Crippen LogP contribution in [0.2, 0.25) is 0 Å². The van der Waals surface area contributed by atoms with E-state index in [-0.39, 0.29) is 11.9 Å². The Morgan fingerprint density at radius 3 is 2.43 bits per heavy atom. The second-order valence-corrected chi connectivity index (χ2v) is 6.45. The summed E-state index contributed by atoms with van der Waals surface area (Å²) in [6.07, 6.45) is 3.26. The van der Waals surface area contributed by atoms with E-state index in [0.29, 0.717) is 18.0 Å². The highest BCUT2D eigenvalue weighted by atomic mass is 16.5. The maximum Gasteiger partial charge on any atom is 0.244 e. The quantitative estimate of drug-likeness (QED) is 0.673. The molecule has 0 saturated carbocycles. The van der Waals surface area contributed by atoms with Gasteiger partial charge in [0.1, 0.15) is 5.75 Å². The van der Waals surface area contributed by atoms with Gasteiger partial charge in [-0.15, -0.1) is 0 Å². The monoisotopic (exact) mass is 384 g/mol. The molecule has 28 heavy (non-hydrogen) atoms. The molecule has 1 atom stereocenters. The Balaban J connectivity index is 2.02. The Labute approximate surface area is 166 Å². The molecular formula is C22H28N2O4. The first-order valence-electron chi connectivity index (χ1n) is 8.96. The molecule has 6 heteroatoms. The van der Waals surface area contributed by atoms with Gasteiger partial charge in [-0.25, -0.2) is 0 Å². The van der Waals surface area contributed by atoms with Crippen LogP contribution in [0.25, 0.3) is 6.08 Å². The molecule has 1 N–H and O–H groups in total. The minimum absolute atomic E-state index is 0.0357. The van der Waals surface area contributed by atoms with E-state index in [9.17, 15) is 4.79 Å². The highest BCUT2D eigenvalue weighted by Gasteiger charge is 2.15. The fourth-order valence-electron chi connectivity index (χ4n) is 2.83. The Kier molecular flexibility index (Phi) is 7.89. The van der Waals surface area contributed by atoms with E-state index in [0.717, 1.165) is 16.9 Å². The molecule has 2 aromatic rings. The fourth-order valence-corrected chi connectivity index (χ4v) is 2.83. The molecule has 2 rings (SSSR count). The van der Waals surface area contributed by atoms with Crippen LogP contribution in [0.1, 0.15) is 17.2 Å². The third kappa shape index (κ3) is 5.76. The predicted molar refractivity (Wildman–Crippen MR) is 111 cm³/mol. The number of nitrogens with one attached hydrogen (secondary N) is 1. The minimum Gasteiger partial charge on any atom is -0.497 e. The molecule has 0 aliphatic heterocycles. The lowest BCUT2D eigenvalue weighted by atomic mass is 10.1. The van der Waals surface area contributed by atoms with E-state index in [4.69, 9.17) is 14.2 Å². The largest absolute Gasteiger partial charge is 0.497 e. The number of rotatable bonds is 9. The molecule has 0 radical (unpaired) electrons. The van der Waals surface area contributed by atoms with E-state index < -0.39 is 0 Å². The van der Waals surface area contributed by atoms with Gasteiger partial charge in [-0.2, -0.15) is 0 Å². The second-order valence-electron chi connectivity index (χ2n) is 6.45. The Bertz CT molecular complexity index is 818. The zero-order valence-corrected chi connectivity index (χ0v) is 17.1.